The smallest absolute Gasteiger partial charge is 0.153 e. The number of aryl methyl sites for hydroxylation is 2. The number of carbonyl (C=O) groups excluding carboxylic acids is 1. The highest BCUT2D eigenvalue weighted by molar-refractivity contribution is 9.10. The second-order valence-corrected chi connectivity index (χ2v) is 3.15. The molecule has 0 spiro atoms. The molecule has 0 aliphatic carbocycles. The predicted molar refractivity (Wildman–Crippen MR) is 46.8 cm³/mol. The van der Waals surface area contributed by atoms with Gasteiger partial charge in [-0.1, -0.05) is 0 Å². The number of aromatic nitrogens is 1. The van der Waals surface area contributed by atoms with E-state index in [2.05, 4.69) is 20.9 Å². The Kier molecular flexibility index (Phi) is 2.39. The minimum Gasteiger partial charge on any atom is -0.298 e. The van der Waals surface area contributed by atoms with Crippen LogP contribution in [-0.4, -0.2) is 11.3 Å². The maximum atomic E-state index is 10.5. The molecule has 58 valence electrons. The summed E-state index contributed by atoms with van der Waals surface area (Å²) in [5.74, 6) is 0. The summed E-state index contributed by atoms with van der Waals surface area (Å²) in [6, 6.07) is 1.88. The van der Waals surface area contributed by atoms with Crippen molar-refractivity contribution in [2.45, 2.75) is 13.8 Å². The Morgan fingerprint density at radius 1 is 1.55 bits per heavy atom. The average Bonchev–Trinajstić information content (AvgIpc) is 1.85. The van der Waals surface area contributed by atoms with Crippen LogP contribution in [0.15, 0.2) is 10.7 Å². The lowest BCUT2D eigenvalue weighted by Crippen LogP contribution is -1.93. The molecule has 1 heterocycles. The van der Waals surface area contributed by atoms with Gasteiger partial charge in [0.15, 0.2) is 6.29 Å². The van der Waals surface area contributed by atoms with Gasteiger partial charge in [0.2, 0.25) is 0 Å². The molecule has 0 fully saturated rings. The van der Waals surface area contributed by atoms with Crippen molar-refractivity contribution in [3.05, 3.63) is 27.5 Å². The molecular formula is C8H8BrNO. The fourth-order valence-corrected chi connectivity index (χ4v) is 1.63. The lowest BCUT2D eigenvalue weighted by atomic mass is 10.1. The second-order valence-electron chi connectivity index (χ2n) is 2.40. The zero-order chi connectivity index (χ0) is 8.43. The highest BCUT2D eigenvalue weighted by atomic mass is 79.9. The van der Waals surface area contributed by atoms with Crippen LogP contribution < -0.4 is 0 Å². The van der Waals surface area contributed by atoms with Crippen LogP contribution in [0.3, 0.4) is 0 Å². The molecule has 0 N–H and O–H groups in total. The fraction of sp³-hybridized carbons (Fsp3) is 0.250. The highest BCUT2D eigenvalue weighted by Crippen LogP contribution is 2.16. The lowest BCUT2D eigenvalue weighted by molar-refractivity contribution is 0.112. The Labute approximate surface area is 73.8 Å². The standard InChI is InChI=1S/C8H8BrNO/c1-5-3-6(2)10-8(9)7(5)4-11/h3-4H,1-2H3. The minimum atomic E-state index is 0.630. The Bertz CT molecular complexity index is 273. The van der Waals surface area contributed by atoms with E-state index in [1.165, 1.54) is 0 Å². The molecule has 1 rings (SSSR count). The maximum absolute atomic E-state index is 10.5. The van der Waals surface area contributed by atoms with Gasteiger partial charge in [0, 0.05) is 5.69 Å². The first-order valence-electron chi connectivity index (χ1n) is 3.24. The van der Waals surface area contributed by atoms with Crippen molar-refractivity contribution in [2.24, 2.45) is 0 Å². The molecule has 1 aromatic heterocycles. The van der Waals surface area contributed by atoms with Crippen LogP contribution in [0.5, 0.6) is 0 Å². The zero-order valence-electron chi connectivity index (χ0n) is 6.39. The van der Waals surface area contributed by atoms with Crippen molar-refractivity contribution < 1.29 is 4.79 Å². The lowest BCUT2D eigenvalue weighted by Gasteiger charge is -2.01. The molecule has 2 nitrogen and oxygen atoms in total. The number of halogens is 1. The summed E-state index contributed by atoms with van der Waals surface area (Å²) in [4.78, 5) is 14.6. The van der Waals surface area contributed by atoms with Crippen molar-refractivity contribution >= 4 is 22.2 Å². The van der Waals surface area contributed by atoms with Gasteiger partial charge < -0.3 is 0 Å². The highest BCUT2D eigenvalue weighted by Gasteiger charge is 2.03. The van der Waals surface area contributed by atoms with Gasteiger partial charge in [-0.05, 0) is 41.4 Å². The number of nitrogens with zero attached hydrogens (tertiary/aromatic N) is 1. The van der Waals surface area contributed by atoms with Crippen LogP contribution >= 0.6 is 15.9 Å². The van der Waals surface area contributed by atoms with E-state index in [1.807, 2.05) is 19.9 Å². The number of hydrogen-bond donors (Lipinski definition) is 0. The molecular weight excluding hydrogens is 206 g/mol. The van der Waals surface area contributed by atoms with Crippen LogP contribution in [0.1, 0.15) is 21.6 Å². The van der Waals surface area contributed by atoms with E-state index in [0.717, 1.165) is 17.5 Å². The summed E-state index contributed by atoms with van der Waals surface area (Å²) in [6.07, 6.45) is 0.811. The van der Waals surface area contributed by atoms with Gasteiger partial charge >= 0.3 is 0 Å². The number of aldehydes is 1. The first-order chi connectivity index (χ1) is 5.15. The van der Waals surface area contributed by atoms with Gasteiger partial charge in [-0.15, -0.1) is 0 Å². The van der Waals surface area contributed by atoms with Crippen LogP contribution in [-0.2, 0) is 0 Å². The zero-order valence-corrected chi connectivity index (χ0v) is 7.97. The van der Waals surface area contributed by atoms with E-state index in [-0.39, 0.29) is 0 Å². The Morgan fingerprint density at radius 2 is 2.18 bits per heavy atom. The fourth-order valence-electron chi connectivity index (χ4n) is 0.943. The van der Waals surface area contributed by atoms with Gasteiger partial charge in [0.05, 0.1) is 5.56 Å². The normalized spacial score (nSPS) is 9.73. The molecule has 0 aliphatic heterocycles. The van der Waals surface area contributed by atoms with Crippen molar-refractivity contribution in [2.75, 3.05) is 0 Å². The van der Waals surface area contributed by atoms with E-state index in [4.69, 9.17) is 0 Å². The van der Waals surface area contributed by atoms with Crippen molar-refractivity contribution in [1.29, 1.82) is 0 Å². The molecule has 0 unspecified atom stereocenters. The summed E-state index contributed by atoms with van der Waals surface area (Å²) in [5, 5.41) is 0. The van der Waals surface area contributed by atoms with Crippen LogP contribution in [0, 0.1) is 13.8 Å². The van der Waals surface area contributed by atoms with E-state index >= 15 is 0 Å². The average molecular weight is 214 g/mol. The van der Waals surface area contributed by atoms with Crippen molar-refractivity contribution in [1.82, 2.24) is 4.98 Å². The van der Waals surface area contributed by atoms with Crippen LogP contribution in [0.2, 0.25) is 0 Å². The van der Waals surface area contributed by atoms with Gasteiger partial charge in [0.1, 0.15) is 4.60 Å². The molecule has 0 bridgehead atoms. The summed E-state index contributed by atoms with van der Waals surface area (Å²) in [7, 11) is 0. The monoisotopic (exact) mass is 213 g/mol. The molecule has 0 aromatic carbocycles. The largest absolute Gasteiger partial charge is 0.298 e. The van der Waals surface area contributed by atoms with Crippen LogP contribution in [0.25, 0.3) is 0 Å². The van der Waals surface area contributed by atoms with Crippen molar-refractivity contribution in [3.63, 3.8) is 0 Å². The first kappa shape index (κ1) is 8.40. The number of pyridine rings is 1. The quantitative estimate of drug-likeness (QED) is 0.530. The number of rotatable bonds is 1. The molecule has 11 heavy (non-hydrogen) atoms. The first-order valence-corrected chi connectivity index (χ1v) is 4.03. The third kappa shape index (κ3) is 1.66. The third-order valence-electron chi connectivity index (χ3n) is 1.46. The predicted octanol–water partition coefficient (Wildman–Crippen LogP) is 2.27. The second kappa shape index (κ2) is 3.13. The molecule has 0 saturated carbocycles. The molecule has 1 aromatic rings. The van der Waals surface area contributed by atoms with Gasteiger partial charge in [-0.3, -0.25) is 4.79 Å². The summed E-state index contributed by atoms with van der Waals surface area (Å²) >= 11 is 3.22. The molecule has 0 amide bonds. The van der Waals surface area contributed by atoms with Gasteiger partial charge in [-0.25, -0.2) is 4.98 Å². The van der Waals surface area contributed by atoms with E-state index in [9.17, 15) is 4.79 Å². The topological polar surface area (TPSA) is 30.0 Å². The van der Waals surface area contributed by atoms with Crippen LogP contribution in [0.4, 0.5) is 0 Å². The van der Waals surface area contributed by atoms with Gasteiger partial charge in [0.25, 0.3) is 0 Å². The van der Waals surface area contributed by atoms with Crippen molar-refractivity contribution in [3.8, 4) is 0 Å². The Balaban J connectivity index is 3.36. The number of hydrogen-bond acceptors (Lipinski definition) is 2. The SMILES string of the molecule is Cc1cc(C)c(C=O)c(Br)n1. The minimum absolute atomic E-state index is 0.630. The van der Waals surface area contributed by atoms with E-state index in [1.54, 1.807) is 0 Å². The summed E-state index contributed by atoms with van der Waals surface area (Å²) < 4.78 is 0.630. The maximum Gasteiger partial charge on any atom is 0.153 e. The molecule has 0 radical (unpaired) electrons. The summed E-state index contributed by atoms with van der Waals surface area (Å²) in [6.45, 7) is 3.79. The molecule has 3 heteroatoms. The summed E-state index contributed by atoms with van der Waals surface area (Å²) in [5.41, 5.74) is 2.51. The molecule has 0 atom stereocenters. The molecule has 0 aliphatic rings. The van der Waals surface area contributed by atoms with E-state index < -0.39 is 0 Å². The van der Waals surface area contributed by atoms with Gasteiger partial charge in [-0.2, -0.15) is 0 Å². The number of carbonyl (C=O) groups is 1. The Morgan fingerprint density at radius 3 is 2.64 bits per heavy atom. The van der Waals surface area contributed by atoms with E-state index in [0.29, 0.717) is 10.2 Å². The Hall–Kier alpha value is -0.700. The third-order valence-corrected chi connectivity index (χ3v) is 2.07. The molecule has 0 saturated heterocycles.